The maximum atomic E-state index is 13.6. The van der Waals surface area contributed by atoms with Crippen LogP contribution in [0.1, 0.15) is 25.5 Å². The van der Waals surface area contributed by atoms with Crippen LogP contribution in [0.3, 0.4) is 0 Å². The van der Waals surface area contributed by atoms with Crippen LogP contribution in [0.5, 0.6) is 0 Å². The number of hydrogen-bond acceptors (Lipinski definition) is 4. The standard InChI is InChI=1S/C15H24FN3O2S/c1-4-22(20,21)17-12(2)14-11-13(16)5-6-15(14)19-9-7-18(3)8-10-19/h5-6,11-12,17H,4,7-10H2,1-3H3. The first-order chi connectivity index (χ1) is 10.3. The predicted octanol–water partition coefficient (Wildman–Crippen LogP) is 1.58. The number of nitrogens with zero attached hydrogens (tertiary/aromatic N) is 2. The molecule has 1 aliphatic heterocycles. The summed E-state index contributed by atoms with van der Waals surface area (Å²) in [5.74, 6) is -0.341. The molecule has 1 aliphatic rings. The molecule has 0 aliphatic carbocycles. The molecular weight excluding hydrogens is 305 g/mol. The zero-order chi connectivity index (χ0) is 16.3. The largest absolute Gasteiger partial charge is 0.369 e. The lowest BCUT2D eigenvalue weighted by Gasteiger charge is -2.36. The Labute approximate surface area is 132 Å². The quantitative estimate of drug-likeness (QED) is 0.891. The van der Waals surface area contributed by atoms with Gasteiger partial charge in [0.2, 0.25) is 10.0 Å². The molecule has 0 amide bonds. The van der Waals surface area contributed by atoms with Gasteiger partial charge in [-0.05, 0) is 44.7 Å². The van der Waals surface area contributed by atoms with Gasteiger partial charge in [-0.2, -0.15) is 0 Å². The predicted molar refractivity (Wildman–Crippen MR) is 87.1 cm³/mol. The molecule has 2 rings (SSSR count). The molecule has 1 heterocycles. The van der Waals surface area contributed by atoms with Gasteiger partial charge in [-0.15, -0.1) is 0 Å². The molecule has 1 saturated heterocycles. The van der Waals surface area contributed by atoms with Crippen molar-refractivity contribution >= 4 is 15.7 Å². The van der Waals surface area contributed by atoms with Gasteiger partial charge in [0.1, 0.15) is 5.82 Å². The maximum Gasteiger partial charge on any atom is 0.211 e. The molecule has 124 valence electrons. The SMILES string of the molecule is CCS(=O)(=O)NC(C)c1cc(F)ccc1N1CCN(C)CC1. The van der Waals surface area contributed by atoms with E-state index < -0.39 is 16.1 Å². The summed E-state index contributed by atoms with van der Waals surface area (Å²) in [6, 6.07) is 4.14. The van der Waals surface area contributed by atoms with Gasteiger partial charge in [-0.1, -0.05) is 0 Å². The highest BCUT2D eigenvalue weighted by atomic mass is 32.2. The van der Waals surface area contributed by atoms with E-state index in [1.807, 2.05) is 0 Å². The van der Waals surface area contributed by atoms with E-state index in [4.69, 9.17) is 0 Å². The molecule has 5 nitrogen and oxygen atoms in total. The third kappa shape index (κ3) is 4.18. The highest BCUT2D eigenvalue weighted by Gasteiger charge is 2.22. The zero-order valence-corrected chi connectivity index (χ0v) is 14.2. The number of benzene rings is 1. The number of sulfonamides is 1. The van der Waals surface area contributed by atoms with E-state index in [1.54, 1.807) is 19.9 Å². The van der Waals surface area contributed by atoms with Crippen LogP contribution in [-0.4, -0.2) is 52.3 Å². The average molecular weight is 329 g/mol. The monoisotopic (exact) mass is 329 g/mol. The number of anilines is 1. The van der Waals surface area contributed by atoms with Crippen molar-refractivity contribution in [2.75, 3.05) is 43.9 Å². The summed E-state index contributed by atoms with van der Waals surface area (Å²) in [6.45, 7) is 6.91. The van der Waals surface area contributed by atoms with Gasteiger partial charge in [0, 0.05) is 37.9 Å². The fourth-order valence-electron chi connectivity index (χ4n) is 2.62. The maximum absolute atomic E-state index is 13.6. The molecule has 0 radical (unpaired) electrons. The zero-order valence-electron chi connectivity index (χ0n) is 13.3. The van der Waals surface area contributed by atoms with Crippen LogP contribution in [0.4, 0.5) is 10.1 Å². The number of likely N-dealkylation sites (N-methyl/N-ethyl adjacent to an activating group) is 1. The van der Waals surface area contributed by atoms with Crippen molar-refractivity contribution in [2.24, 2.45) is 0 Å². The van der Waals surface area contributed by atoms with Gasteiger partial charge in [-0.3, -0.25) is 0 Å². The summed E-state index contributed by atoms with van der Waals surface area (Å²) in [5, 5.41) is 0. The minimum absolute atomic E-state index is 0.0104. The van der Waals surface area contributed by atoms with Crippen molar-refractivity contribution in [3.05, 3.63) is 29.6 Å². The Balaban J connectivity index is 2.28. The van der Waals surface area contributed by atoms with E-state index in [9.17, 15) is 12.8 Å². The second-order valence-electron chi connectivity index (χ2n) is 5.74. The lowest BCUT2D eigenvalue weighted by atomic mass is 10.0. The Kier molecular flexibility index (Phi) is 5.41. The lowest BCUT2D eigenvalue weighted by Crippen LogP contribution is -2.45. The lowest BCUT2D eigenvalue weighted by molar-refractivity contribution is 0.312. The van der Waals surface area contributed by atoms with Gasteiger partial charge in [0.15, 0.2) is 0 Å². The summed E-state index contributed by atoms with van der Waals surface area (Å²) in [7, 11) is -1.26. The van der Waals surface area contributed by atoms with E-state index in [2.05, 4.69) is 21.6 Å². The van der Waals surface area contributed by atoms with Crippen molar-refractivity contribution in [1.29, 1.82) is 0 Å². The molecule has 0 spiro atoms. The molecule has 1 aromatic carbocycles. The van der Waals surface area contributed by atoms with Gasteiger partial charge in [0.05, 0.1) is 5.75 Å². The summed E-state index contributed by atoms with van der Waals surface area (Å²) in [5.41, 5.74) is 1.59. The minimum Gasteiger partial charge on any atom is -0.369 e. The van der Waals surface area contributed by atoms with Crippen LogP contribution in [0, 0.1) is 5.82 Å². The first-order valence-electron chi connectivity index (χ1n) is 7.55. The number of hydrogen-bond donors (Lipinski definition) is 1. The fraction of sp³-hybridized carbons (Fsp3) is 0.600. The van der Waals surface area contributed by atoms with E-state index in [0.717, 1.165) is 31.9 Å². The van der Waals surface area contributed by atoms with Gasteiger partial charge in [0.25, 0.3) is 0 Å². The van der Waals surface area contributed by atoms with Crippen molar-refractivity contribution in [1.82, 2.24) is 9.62 Å². The normalized spacial score (nSPS) is 18.5. The highest BCUT2D eigenvalue weighted by molar-refractivity contribution is 7.89. The van der Waals surface area contributed by atoms with Crippen molar-refractivity contribution in [2.45, 2.75) is 19.9 Å². The Bertz CT molecular complexity index is 613. The Morgan fingerprint density at radius 1 is 1.27 bits per heavy atom. The third-order valence-electron chi connectivity index (χ3n) is 4.04. The first-order valence-corrected chi connectivity index (χ1v) is 9.20. The van der Waals surface area contributed by atoms with Gasteiger partial charge < -0.3 is 9.80 Å². The molecule has 0 aromatic heterocycles. The van der Waals surface area contributed by atoms with Crippen LogP contribution >= 0.6 is 0 Å². The highest BCUT2D eigenvalue weighted by Crippen LogP contribution is 2.28. The van der Waals surface area contributed by atoms with Crippen LogP contribution in [0.2, 0.25) is 0 Å². The van der Waals surface area contributed by atoms with Crippen LogP contribution in [0.15, 0.2) is 18.2 Å². The van der Waals surface area contributed by atoms with Gasteiger partial charge >= 0.3 is 0 Å². The molecule has 1 fully saturated rings. The van der Waals surface area contributed by atoms with E-state index in [-0.39, 0.29) is 11.6 Å². The molecule has 1 unspecified atom stereocenters. The van der Waals surface area contributed by atoms with Gasteiger partial charge in [-0.25, -0.2) is 17.5 Å². The van der Waals surface area contributed by atoms with Crippen LogP contribution in [-0.2, 0) is 10.0 Å². The van der Waals surface area contributed by atoms with Crippen LogP contribution in [0.25, 0.3) is 0 Å². The average Bonchev–Trinajstić information content (AvgIpc) is 2.48. The van der Waals surface area contributed by atoms with E-state index in [0.29, 0.717) is 5.56 Å². The summed E-state index contributed by atoms with van der Waals surface area (Å²) in [4.78, 5) is 4.43. The fourth-order valence-corrected chi connectivity index (χ4v) is 3.46. The Morgan fingerprint density at radius 3 is 2.50 bits per heavy atom. The topological polar surface area (TPSA) is 52.7 Å². The number of rotatable bonds is 5. The smallest absolute Gasteiger partial charge is 0.211 e. The summed E-state index contributed by atoms with van der Waals surface area (Å²) >= 11 is 0. The Morgan fingerprint density at radius 2 is 1.91 bits per heavy atom. The van der Waals surface area contributed by atoms with Crippen molar-refractivity contribution in [3.63, 3.8) is 0 Å². The number of nitrogens with one attached hydrogen (secondary N) is 1. The third-order valence-corrected chi connectivity index (χ3v) is 5.51. The molecule has 1 N–H and O–H groups in total. The summed E-state index contributed by atoms with van der Waals surface area (Å²) in [6.07, 6.45) is 0. The summed E-state index contributed by atoms with van der Waals surface area (Å²) < 4.78 is 39.8. The second-order valence-corrected chi connectivity index (χ2v) is 7.78. The second kappa shape index (κ2) is 6.93. The van der Waals surface area contributed by atoms with Crippen LogP contribution < -0.4 is 9.62 Å². The molecule has 1 atom stereocenters. The number of halogens is 1. The molecule has 1 aromatic rings. The van der Waals surface area contributed by atoms with Crippen molar-refractivity contribution < 1.29 is 12.8 Å². The molecule has 0 bridgehead atoms. The number of piperazine rings is 1. The molecule has 0 saturated carbocycles. The van der Waals surface area contributed by atoms with E-state index in [1.165, 1.54) is 12.1 Å². The molecule has 7 heteroatoms. The van der Waals surface area contributed by atoms with Crippen molar-refractivity contribution in [3.8, 4) is 0 Å². The Hall–Kier alpha value is -1.18. The molecule has 22 heavy (non-hydrogen) atoms. The minimum atomic E-state index is -3.34. The first kappa shape index (κ1) is 17.2. The van der Waals surface area contributed by atoms with E-state index >= 15 is 0 Å². The molecular formula is C15H24FN3O2S.